The molecule has 0 aliphatic heterocycles. The van der Waals surface area contributed by atoms with E-state index in [0.717, 1.165) is 0 Å². The van der Waals surface area contributed by atoms with Crippen molar-refractivity contribution in [3.63, 3.8) is 0 Å². The van der Waals surface area contributed by atoms with Crippen molar-refractivity contribution in [2.75, 3.05) is 0 Å². The molecule has 0 nitrogen and oxygen atoms in total. The first-order chi connectivity index (χ1) is 0. The quantitative estimate of drug-likeness (QED) is 0.308. The van der Waals surface area contributed by atoms with Gasteiger partial charge in [-0.2, -0.15) is 0 Å². The maximum absolute atomic E-state index is 0. The number of halogens is 3. The second-order valence-corrected chi connectivity index (χ2v) is 0. The van der Waals surface area contributed by atoms with E-state index in [1.807, 2.05) is 0 Å². The van der Waals surface area contributed by atoms with Crippen molar-refractivity contribution in [3.05, 3.63) is 0 Å². The van der Waals surface area contributed by atoms with Crippen LogP contribution in [0.1, 0.15) is 0 Å². The molecule has 0 aliphatic rings. The molecular formula is H2AlBaF3GdZr. The first-order valence-electron chi connectivity index (χ1n) is 0. The molecule has 0 unspecified atom stereocenters. The number of hydrogen-bond donors (Lipinski definition) is 0. The molecule has 0 atom stereocenters. The molecule has 0 saturated carbocycles. The third kappa shape index (κ3) is 39.4. The Morgan fingerprint density at radius 3 is 0.714 bits per heavy atom. The third-order valence-corrected chi connectivity index (χ3v) is 0. The Bertz CT molecular complexity index is 14.9. The molecule has 0 bridgehead atoms. The van der Waals surface area contributed by atoms with Crippen LogP contribution in [-0.4, -0.2) is 66.2 Å². The van der Waals surface area contributed by atoms with Crippen LogP contribution in [-0.2, 0) is 26.2 Å². The third-order valence-electron chi connectivity index (χ3n) is 0. The van der Waals surface area contributed by atoms with E-state index in [2.05, 4.69) is 0 Å². The van der Waals surface area contributed by atoms with Gasteiger partial charge in [0, 0.05) is 66.1 Å². The van der Waals surface area contributed by atoms with Gasteiger partial charge in [-0.15, -0.1) is 0 Å². The van der Waals surface area contributed by atoms with Crippen LogP contribution in [0.5, 0.6) is 0 Å². The molecular weight excluding hydrogens is 470 g/mol. The zero-order valence-corrected chi connectivity index (χ0v) is 8.45. The molecule has 40 valence electrons. The van der Waals surface area contributed by atoms with Gasteiger partial charge in [-0.1, -0.05) is 0 Å². The SMILES string of the molecule is [Al+3].[BaH2].[F-].[F-].[F-].[Gd].[Zr]. The average molecular weight is 472 g/mol. The first kappa shape index (κ1) is 67.3. The summed E-state index contributed by atoms with van der Waals surface area (Å²) in [7, 11) is 0. The van der Waals surface area contributed by atoms with Crippen LogP contribution in [0.3, 0.4) is 0 Å². The molecule has 0 aromatic heterocycles. The number of hydrogen-bond acceptors (Lipinski definition) is 0. The van der Waals surface area contributed by atoms with Gasteiger partial charge in [0.25, 0.3) is 0 Å². The van der Waals surface area contributed by atoms with Gasteiger partial charge in [0.05, 0.1) is 0 Å². The number of rotatable bonds is 0. The molecule has 7 heavy (non-hydrogen) atoms. The molecule has 0 heterocycles. The van der Waals surface area contributed by atoms with E-state index in [4.69, 9.17) is 0 Å². The van der Waals surface area contributed by atoms with E-state index in [-0.39, 0.29) is 146 Å². The zero-order valence-electron chi connectivity index (χ0n) is 2.56. The molecule has 0 aliphatic carbocycles. The molecule has 0 radical (unpaired) electrons. The summed E-state index contributed by atoms with van der Waals surface area (Å²) < 4.78 is 0. The van der Waals surface area contributed by atoms with Crippen molar-refractivity contribution in [1.82, 2.24) is 0 Å². The molecule has 0 spiro atoms. The summed E-state index contributed by atoms with van der Waals surface area (Å²) in [5, 5.41) is 0. The van der Waals surface area contributed by atoms with Crippen LogP contribution in [0, 0.1) is 39.9 Å². The normalized spacial score (nSPS) is 0. The molecule has 0 amide bonds. The molecule has 7 heteroatoms. The van der Waals surface area contributed by atoms with Gasteiger partial charge in [0.2, 0.25) is 0 Å². The van der Waals surface area contributed by atoms with E-state index in [1.165, 1.54) is 0 Å². The van der Waals surface area contributed by atoms with E-state index in [9.17, 15) is 0 Å². The molecule has 0 rings (SSSR count). The largest absolute Gasteiger partial charge is 1.00 e. The van der Waals surface area contributed by atoms with Crippen LogP contribution in [0.25, 0.3) is 0 Å². The monoisotopic (exact) mass is 472 g/mol. The van der Waals surface area contributed by atoms with E-state index >= 15 is 0 Å². The summed E-state index contributed by atoms with van der Waals surface area (Å²) in [6.45, 7) is 0. The fourth-order valence-electron chi connectivity index (χ4n) is 0. The second kappa shape index (κ2) is 49.7. The van der Waals surface area contributed by atoms with Gasteiger partial charge < -0.3 is 14.1 Å². The maximum Gasteiger partial charge on any atom is 0 e. The van der Waals surface area contributed by atoms with Crippen molar-refractivity contribution in [2.24, 2.45) is 0 Å². The van der Waals surface area contributed by atoms with E-state index in [0.29, 0.717) is 0 Å². The van der Waals surface area contributed by atoms with E-state index < -0.39 is 0 Å². The Kier molecular flexibility index (Phi) is 478. The summed E-state index contributed by atoms with van der Waals surface area (Å²) in [4.78, 5) is 0. The summed E-state index contributed by atoms with van der Waals surface area (Å²) >= 11 is 0. The first-order valence-corrected chi connectivity index (χ1v) is 0. The molecule has 0 aromatic rings. The Labute approximate surface area is 142 Å². The topological polar surface area (TPSA) is 0 Å². The minimum atomic E-state index is 0. The molecule has 0 aromatic carbocycles. The predicted molar refractivity (Wildman–Crippen MR) is 14.3 cm³/mol. The smallest absolute Gasteiger partial charge is 0 e. The van der Waals surface area contributed by atoms with Crippen molar-refractivity contribution in [1.29, 1.82) is 0 Å². The molecule has 0 fully saturated rings. The van der Waals surface area contributed by atoms with Crippen molar-refractivity contribution >= 4 is 66.2 Å². The molecule has 0 saturated heterocycles. The van der Waals surface area contributed by atoms with Gasteiger partial charge in [-0.3, -0.25) is 0 Å². The van der Waals surface area contributed by atoms with Gasteiger partial charge in [0.1, 0.15) is 0 Å². The van der Waals surface area contributed by atoms with Gasteiger partial charge in [-0.05, 0) is 0 Å². The Balaban J connectivity index is 0. The maximum atomic E-state index is 0. The predicted octanol–water partition coefficient (Wildman–Crippen LogP) is -10.3. The van der Waals surface area contributed by atoms with Gasteiger partial charge >= 0.3 is 66.2 Å². The molecule has 0 N–H and O–H groups in total. The van der Waals surface area contributed by atoms with Crippen LogP contribution >= 0.6 is 0 Å². The summed E-state index contributed by atoms with van der Waals surface area (Å²) in [6.07, 6.45) is 0. The Hall–Kier alpha value is 4.10. The van der Waals surface area contributed by atoms with Crippen LogP contribution in [0.4, 0.5) is 0 Å². The van der Waals surface area contributed by atoms with Crippen molar-refractivity contribution in [2.45, 2.75) is 0 Å². The van der Waals surface area contributed by atoms with Crippen LogP contribution < -0.4 is 14.1 Å². The standard InChI is InChI=1S/Al.Ba.3FH.Gd.Zr.2H/h;;3*1H;;;;/q+3;;;;;;;;/p-3. The zero-order chi connectivity index (χ0) is 0. The average Bonchev–Trinajstić information content (AvgIpc) is 0. The summed E-state index contributed by atoms with van der Waals surface area (Å²) in [6, 6.07) is 0. The fourth-order valence-corrected chi connectivity index (χ4v) is 0. The second-order valence-electron chi connectivity index (χ2n) is 0. The fraction of sp³-hybridized carbons (Fsp3) is 0. The van der Waals surface area contributed by atoms with Crippen molar-refractivity contribution in [3.8, 4) is 0 Å². The van der Waals surface area contributed by atoms with Gasteiger partial charge in [0.15, 0.2) is 0 Å². The minimum Gasteiger partial charge on any atom is -1.00 e. The summed E-state index contributed by atoms with van der Waals surface area (Å²) in [5.41, 5.74) is 0. The van der Waals surface area contributed by atoms with Crippen molar-refractivity contribution < 1.29 is 80.3 Å². The Morgan fingerprint density at radius 2 is 0.714 bits per heavy atom. The van der Waals surface area contributed by atoms with Crippen LogP contribution in [0.15, 0.2) is 0 Å². The van der Waals surface area contributed by atoms with E-state index in [1.54, 1.807) is 0 Å². The van der Waals surface area contributed by atoms with Crippen LogP contribution in [0.2, 0.25) is 0 Å². The Morgan fingerprint density at radius 1 is 0.714 bits per heavy atom. The van der Waals surface area contributed by atoms with Gasteiger partial charge in [-0.25, -0.2) is 0 Å². The summed E-state index contributed by atoms with van der Waals surface area (Å²) in [5.74, 6) is 0. The minimum absolute atomic E-state index is 0.